The highest BCUT2D eigenvalue weighted by atomic mass is 35.5. The summed E-state index contributed by atoms with van der Waals surface area (Å²) in [6.07, 6.45) is -4.54. The Balaban J connectivity index is 2.24. The Morgan fingerprint density at radius 3 is 2.61 bits per heavy atom. The molecule has 0 fully saturated rings. The molecule has 0 bridgehead atoms. The van der Waals surface area contributed by atoms with Gasteiger partial charge in [0, 0.05) is 11.1 Å². The van der Waals surface area contributed by atoms with E-state index in [-0.39, 0.29) is 28.0 Å². The molecule has 0 atom stereocenters. The molecule has 0 aliphatic carbocycles. The first kappa shape index (κ1) is 12.9. The van der Waals surface area contributed by atoms with Crippen LogP contribution in [-0.4, -0.2) is 10.2 Å². The summed E-state index contributed by atoms with van der Waals surface area (Å²) in [5, 5.41) is 5.27. The second kappa shape index (κ2) is 4.62. The van der Waals surface area contributed by atoms with E-state index >= 15 is 0 Å². The van der Waals surface area contributed by atoms with E-state index in [1.165, 1.54) is 18.2 Å². The van der Waals surface area contributed by atoms with Gasteiger partial charge in [-0.25, -0.2) is 0 Å². The lowest BCUT2D eigenvalue weighted by atomic mass is 10.3. The molecule has 2 N–H and O–H groups in total. The van der Waals surface area contributed by atoms with Crippen molar-refractivity contribution in [3.8, 4) is 10.9 Å². The smallest absolute Gasteiger partial charge is 0.428 e. The van der Waals surface area contributed by atoms with E-state index in [0.717, 1.165) is 0 Å². The van der Waals surface area contributed by atoms with Crippen molar-refractivity contribution in [2.24, 2.45) is 0 Å². The zero-order valence-electron chi connectivity index (χ0n) is 8.53. The van der Waals surface area contributed by atoms with Crippen LogP contribution < -0.4 is 10.5 Å². The number of halogens is 4. The monoisotopic (exact) mass is 295 g/mol. The first-order chi connectivity index (χ1) is 8.36. The molecule has 1 heterocycles. The number of aromatic nitrogens is 2. The molecule has 0 radical (unpaired) electrons. The quantitative estimate of drug-likeness (QED) is 0.860. The van der Waals surface area contributed by atoms with Crippen molar-refractivity contribution < 1.29 is 17.9 Å². The van der Waals surface area contributed by atoms with E-state index in [1.54, 1.807) is 0 Å². The fraction of sp³-hybridized carbons (Fsp3) is 0.111. The standard InChI is InChI=1S/C9H5ClF3N3OS/c10-4-1-2-5(14)6(3-4)17-8-16-15-7(18-8)9(11,12)13/h1-3H,14H2. The van der Waals surface area contributed by atoms with Crippen molar-refractivity contribution in [3.05, 3.63) is 28.2 Å². The molecule has 0 aliphatic heterocycles. The first-order valence-corrected chi connectivity index (χ1v) is 5.69. The molecule has 18 heavy (non-hydrogen) atoms. The minimum Gasteiger partial charge on any atom is -0.428 e. The lowest BCUT2D eigenvalue weighted by Gasteiger charge is -2.04. The Kier molecular flexibility index (Phi) is 3.31. The van der Waals surface area contributed by atoms with Crippen LogP contribution in [0.25, 0.3) is 0 Å². The Hall–Kier alpha value is -1.54. The van der Waals surface area contributed by atoms with E-state index in [9.17, 15) is 13.2 Å². The highest BCUT2D eigenvalue weighted by molar-refractivity contribution is 7.13. The van der Waals surface area contributed by atoms with Crippen LogP contribution in [0.15, 0.2) is 18.2 Å². The van der Waals surface area contributed by atoms with Gasteiger partial charge in [-0.1, -0.05) is 28.0 Å². The number of hydrogen-bond acceptors (Lipinski definition) is 5. The zero-order valence-corrected chi connectivity index (χ0v) is 10.1. The van der Waals surface area contributed by atoms with Gasteiger partial charge in [0.1, 0.15) is 0 Å². The highest BCUT2D eigenvalue weighted by Crippen LogP contribution is 2.37. The van der Waals surface area contributed by atoms with Crippen LogP contribution in [-0.2, 0) is 6.18 Å². The molecule has 4 nitrogen and oxygen atoms in total. The summed E-state index contributed by atoms with van der Waals surface area (Å²) in [6, 6.07) is 4.39. The fourth-order valence-electron chi connectivity index (χ4n) is 1.06. The van der Waals surface area contributed by atoms with E-state index in [4.69, 9.17) is 22.1 Å². The van der Waals surface area contributed by atoms with Crippen molar-refractivity contribution in [1.82, 2.24) is 10.2 Å². The number of nitrogens with zero attached hydrogens (tertiary/aromatic N) is 2. The van der Waals surface area contributed by atoms with Crippen LogP contribution in [0.1, 0.15) is 5.01 Å². The largest absolute Gasteiger partial charge is 0.445 e. The van der Waals surface area contributed by atoms with Gasteiger partial charge in [-0.3, -0.25) is 0 Å². The topological polar surface area (TPSA) is 61.0 Å². The number of nitrogen functional groups attached to an aromatic ring is 1. The molecule has 2 rings (SSSR count). The van der Waals surface area contributed by atoms with E-state index in [1.807, 2.05) is 0 Å². The Morgan fingerprint density at radius 1 is 1.28 bits per heavy atom. The number of ether oxygens (including phenoxy) is 1. The summed E-state index contributed by atoms with van der Waals surface area (Å²) in [7, 11) is 0. The van der Waals surface area contributed by atoms with Crippen LogP contribution in [0.5, 0.6) is 10.9 Å². The molecule has 0 unspecified atom stereocenters. The Labute approximate surface area is 108 Å². The summed E-state index contributed by atoms with van der Waals surface area (Å²) in [5.41, 5.74) is 5.82. The normalized spacial score (nSPS) is 11.6. The number of anilines is 1. The van der Waals surface area contributed by atoms with Crippen molar-refractivity contribution in [3.63, 3.8) is 0 Å². The lowest BCUT2D eigenvalue weighted by molar-refractivity contribution is -0.138. The van der Waals surface area contributed by atoms with Gasteiger partial charge in [0.2, 0.25) is 5.01 Å². The van der Waals surface area contributed by atoms with Gasteiger partial charge in [0.05, 0.1) is 5.69 Å². The predicted molar refractivity (Wildman–Crippen MR) is 60.8 cm³/mol. The molecule has 0 saturated heterocycles. The molecular weight excluding hydrogens is 291 g/mol. The van der Waals surface area contributed by atoms with E-state index in [2.05, 4.69) is 10.2 Å². The molecule has 1 aromatic carbocycles. The molecule has 0 amide bonds. The second-order valence-electron chi connectivity index (χ2n) is 3.16. The van der Waals surface area contributed by atoms with Crippen molar-refractivity contribution in [1.29, 1.82) is 0 Å². The van der Waals surface area contributed by atoms with E-state index in [0.29, 0.717) is 5.02 Å². The first-order valence-electron chi connectivity index (χ1n) is 4.50. The van der Waals surface area contributed by atoms with Crippen LogP contribution >= 0.6 is 22.9 Å². The third-order valence-corrected chi connectivity index (χ3v) is 2.90. The van der Waals surface area contributed by atoms with Gasteiger partial charge in [0.25, 0.3) is 5.19 Å². The fourth-order valence-corrected chi connectivity index (χ4v) is 1.79. The molecule has 0 spiro atoms. The second-order valence-corrected chi connectivity index (χ2v) is 4.53. The summed E-state index contributed by atoms with van der Waals surface area (Å²) in [5.74, 6) is 0.132. The molecule has 0 aliphatic rings. The molecule has 1 aromatic heterocycles. The number of benzene rings is 1. The van der Waals surface area contributed by atoms with Crippen LogP contribution in [0.3, 0.4) is 0 Å². The zero-order chi connectivity index (χ0) is 13.3. The number of alkyl halides is 3. The SMILES string of the molecule is Nc1ccc(Cl)cc1Oc1nnc(C(F)(F)F)s1. The summed E-state index contributed by atoms with van der Waals surface area (Å²) in [6.45, 7) is 0. The minimum absolute atomic E-state index is 0.132. The van der Waals surface area contributed by atoms with Crippen molar-refractivity contribution in [2.45, 2.75) is 6.18 Å². The number of nitrogens with two attached hydrogens (primary N) is 1. The van der Waals surface area contributed by atoms with Gasteiger partial charge in [-0.2, -0.15) is 13.2 Å². The maximum atomic E-state index is 12.3. The predicted octanol–water partition coefficient (Wildman–Crippen LogP) is 3.58. The third kappa shape index (κ3) is 2.82. The molecule has 96 valence electrons. The Bertz CT molecular complexity index is 572. The van der Waals surface area contributed by atoms with Crippen LogP contribution in [0.2, 0.25) is 5.02 Å². The van der Waals surface area contributed by atoms with Gasteiger partial charge in [-0.05, 0) is 12.1 Å². The molecule has 0 saturated carbocycles. The maximum absolute atomic E-state index is 12.3. The van der Waals surface area contributed by atoms with Crippen molar-refractivity contribution in [2.75, 3.05) is 5.73 Å². The van der Waals surface area contributed by atoms with Crippen molar-refractivity contribution >= 4 is 28.6 Å². The minimum atomic E-state index is -4.54. The Morgan fingerprint density at radius 2 is 2.00 bits per heavy atom. The van der Waals surface area contributed by atoms with Gasteiger partial charge in [0.15, 0.2) is 5.75 Å². The third-order valence-electron chi connectivity index (χ3n) is 1.82. The average Bonchev–Trinajstić information content (AvgIpc) is 2.71. The van der Waals surface area contributed by atoms with E-state index < -0.39 is 11.2 Å². The van der Waals surface area contributed by atoms with Gasteiger partial charge >= 0.3 is 6.18 Å². The summed E-state index contributed by atoms with van der Waals surface area (Å²) in [4.78, 5) is 0. The summed E-state index contributed by atoms with van der Waals surface area (Å²) >= 11 is 5.99. The molecular formula is C9H5ClF3N3OS. The summed E-state index contributed by atoms with van der Waals surface area (Å²) < 4.78 is 42.0. The number of rotatable bonds is 2. The number of hydrogen-bond donors (Lipinski definition) is 1. The van der Waals surface area contributed by atoms with Gasteiger partial charge in [-0.15, -0.1) is 5.10 Å². The van der Waals surface area contributed by atoms with Gasteiger partial charge < -0.3 is 10.5 Å². The lowest BCUT2D eigenvalue weighted by Crippen LogP contribution is -2.03. The molecule has 2 aromatic rings. The molecule has 9 heteroatoms. The van der Waals surface area contributed by atoms with Crippen LogP contribution in [0.4, 0.5) is 18.9 Å². The maximum Gasteiger partial charge on any atom is 0.445 e. The highest BCUT2D eigenvalue weighted by Gasteiger charge is 2.36. The average molecular weight is 296 g/mol. The van der Waals surface area contributed by atoms with Crippen LogP contribution in [0, 0.1) is 0 Å².